The summed E-state index contributed by atoms with van der Waals surface area (Å²) in [5.74, 6) is 1.75. The molecule has 4 nitrogen and oxygen atoms in total. The lowest BCUT2D eigenvalue weighted by atomic mass is 10.1. The maximum atomic E-state index is 13.1. The number of halogens is 2. The molecular weight excluding hydrogens is 405 g/mol. The van der Waals surface area contributed by atoms with Crippen molar-refractivity contribution < 1.29 is 18.6 Å². The molecule has 0 saturated heterocycles. The average Bonchev–Trinajstić information content (AvgIpc) is 2.76. The van der Waals surface area contributed by atoms with Gasteiger partial charge in [0.05, 0.1) is 13.7 Å². The minimum atomic E-state index is -0.275. The normalized spacial score (nSPS) is 10.7. The smallest absolute Gasteiger partial charge is 0.163 e. The van der Waals surface area contributed by atoms with Crippen LogP contribution in [0.1, 0.15) is 23.6 Å². The molecule has 0 atom stereocenters. The second kappa shape index (κ2) is 10.9. The van der Waals surface area contributed by atoms with E-state index < -0.39 is 0 Å². The third-order valence-corrected chi connectivity index (χ3v) is 4.88. The van der Waals surface area contributed by atoms with E-state index in [0.717, 1.165) is 22.4 Å². The number of nitrogens with one attached hydrogen (secondary N) is 1. The van der Waals surface area contributed by atoms with Crippen LogP contribution in [0.2, 0.25) is 5.02 Å². The van der Waals surface area contributed by atoms with Crippen LogP contribution in [0, 0.1) is 5.82 Å². The van der Waals surface area contributed by atoms with Gasteiger partial charge < -0.3 is 19.5 Å². The van der Waals surface area contributed by atoms with Crippen LogP contribution >= 0.6 is 11.6 Å². The molecule has 0 amide bonds. The topological polar surface area (TPSA) is 39.7 Å². The van der Waals surface area contributed by atoms with E-state index in [1.165, 1.54) is 12.1 Å². The molecule has 0 heterocycles. The number of benzene rings is 3. The molecular formula is C24H25ClFNO3. The van der Waals surface area contributed by atoms with Gasteiger partial charge >= 0.3 is 0 Å². The minimum Gasteiger partial charge on any atom is -0.497 e. The molecule has 0 saturated carbocycles. The van der Waals surface area contributed by atoms with E-state index in [4.69, 9.17) is 25.8 Å². The van der Waals surface area contributed by atoms with Crippen molar-refractivity contribution >= 4 is 11.6 Å². The van der Waals surface area contributed by atoms with Gasteiger partial charge in [0, 0.05) is 24.2 Å². The van der Waals surface area contributed by atoms with E-state index in [2.05, 4.69) is 5.32 Å². The molecule has 3 aromatic rings. The SMILES string of the molecule is CCOc1cc(CNCc2ccc(OC)cc2)c(Cl)cc1OCc1ccc(F)cc1. The molecule has 0 bridgehead atoms. The maximum absolute atomic E-state index is 13.1. The molecule has 0 aliphatic heterocycles. The zero-order valence-electron chi connectivity index (χ0n) is 17.1. The molecule has 158 valence electrons. The monoisotopic (exact) mass is 429 g/mol. The van der Waals surface area contributed by atoms with Crippen molar-refractivity contribution in [2.75, 3.05) is 13.7 Å². The molecule has 30 heavy (non-hydrogen) atoms. The Balaban J connectivity index is 1.64. The lowest BCUT2D eigenvalue weighted by Gasteiger charge is -2.15. The predicted molar refractivity (Wildman–Crippen MR) is 117 cm³/mol. The lowest BCUT2D eigenvalue weighted by molar-refractivity contribution is 0.269. The van der Waals surface area contributed by atoms with Crippen LogP contribution in [0.25, 0.3) is 0 Å². The van der Waals surface area contributed by atoms with E-state index in [9.17, 15) is 4.39 Å². The molecule has 0 aliphatic rings. The summed E-state index contributed by atoms with van der Waals surface area (Å²) in [5, 5.41) is 3.98. The third kappa shape index (κ3) is 6.12. The van der Waals surface area contributed by atoms with Gasteiger partial charge in [-0.1, -0.05) is 35.9 Å². The Morgan fingerprint density at radius 1 is 0.867 bits per heavy atom. The summed E-state index contributed by atoms with van der Waals surface area (Å²) in [6, 6.07) is 17.8. The molecule has 0 unspecified atom stereocenters. The molecule has 3 rings (SSSR count). The van der Waals surface area contributed by atoms with Crippen LogP contribution in [-0.2, 0) is 19.7 Å². The fourth-order valence-corrected chi connectivity index (χ4v) is 3.14. The van der Waals surface area contributed by atoms with Crippen LogP contribution in [-0.4, -0.2) is 13.7 Å². The number of hydrogen-bond donors (Lipinski definition) is 1. The van der Waals surface area contributed by atoms with E-state index >= 15 is 0 Å². The molecule has 0 aromatic heterocycles. The van der Waals surface area contributed by atoms with Gasteiger partial charge in [-0.25, -0.2) is 4.39 Å². The number of ether oxygens (including phenoxy) is 3. The first kappa shape index (κ1) is 21.9. The first-order valence-electron chi connectivity index (χ1n) is 9.75. The van der Waals surface area contributed by atoms with Crippen molar-refractivity contribution in [3.05, 3.63) is 88.2 Å². The van der Waals surface area contributed by atoms with Crippen LogP contribution in [0.3, 0.4) is 0 Å². The largest absolute Gasteiger partial charge is 0.497 e. The quantitative estimate of drug-likeness (QED) is 0.445. The van der Waals surface area contributed by atoms with Crippen molar-refractivity contribution in [1.29, 1.82) is 0 Å². The van der Waals surface area contributed by atoms with Gasteiger partial charge in [-0.15, -0.1) is 0 Å². The van der Waals surface area contributed by atoms with Gasteiger partial charge in [-0.05, 0) is 53.9 Å². The van der Waals surface area contributed by atoms with E-state index in [0.29, 0.717) is 42.8 Å². The zero-order valence-corrected chi connectivity index (χ0v) is 17.8. The van der Waals surface area contributed by atoms with Gasteiger partial charge in [-0.2, -0.15) is 0 Å². The van der Waals surface area contributed by atoms with Crippen molar-refractivity contribution in [2.24, 2.45) is 0 Å². The first-order chi connectivity index (χ1) is 14.6. The van der Waals surface area contributed by atoms with E-state index in [1.807, 2.05) is 37.3 Å². The van der Waals surface area contributed by atoms with Crippen molar-refractivity contribution in [3.8, 4) is 17.2 Å². The van der Waals surface area contributed by atoms with Crippen LogP contribution in [0.15, 0.2) is 60.7 Å². The summed E-state index contributed by atoms with van der Waals surface area (Å²) in [5.41, 5.74) is 2.93. The first-order valence-corrected chi connectivity index (χ1v) is 10.1. The Bertz CT molecular complexity index is 946. The molecule has 0 spiro atoms. The Kier molecular flexibility index (Phi) is 7.94. The molecule has 3 aromatic carbocycles. The van der Waals surface area contributed by atoms with Gasteiger partial charge in [0.2, 0.25) is 0 Å². The highest BCUT2D eigenvalue weighted by Crippen LogP contribution is 2.34. The third-order valence-electron chi connectivity index (χ3n) is 4.52. The van der Waals surface area contributed by atoms with Gasteiger partial charge in [0.15, 0.2) is 11.5 Å². The van der Waals surface area contributed by atoms with Crippen LogP contribution < -0.4 is 19.5 Å². The van der Waals surface area contributed by atoms with Crippen LogP contribution in [0.4, 0.5) is 4.39 Å². The van der Waals surface area contributed by atoms with Crippen molar-refractivity contribution in [3.63, 3.8) is 0 Å². The Labute approximate surface area is 181 Å². The van der Waals surface area contributed by atoms with Crippen molar-refractivity contribution in [1.82, 2.24) is 5.32 Å². The predicted octanol–water partition coefficient (Wildman–Crippen LogP) is 5.76. The highest BCUT2D eigenvalue weighted by Gasteiger charge is 2.12. The second-order valence-electron chi connectivity index (χ2n) is 6.69. The number of rotatable bonds is 10. The number of methoxy groups -OCH3 is 1. The fraction of sp³-hybridized carbons (Fsp3) is 0.250. The van der Waals surface area contributed by atoms with Gasteiger partial charge in [0.25, 0.3) is 0 Å². The second-order valence-corrected chi connectivity index (χ2v) is 7.10. The average molecular weight is 430 g/mol. The number of hydrogen-bond acceptors (Lipinski definition) is 4. The summed E-state index contributed by atoms with van der Waals surface area (Å²) in [4.78, 5) is 0. The molecule has 0 aliphatic carbocycles. The summed E-state index contributed by atoms with van der Waals surface area (Å²) in [6.45, 7) is 4.01. The van der Waals surface area contributed by atoms with Gasteiger partial charge in [-0.3, -0.25) is 0 Å². The summed E-state index contributed by atoms with van der Waals surface area (Å²) >= 11 is 6.48. The molecule has 0 radical (unpaired) electrons. The minimum absolute atomic E-state index is 0.275. The molecule has 0 fully saturated rings. The summed E-state index contributed by atoms with van der Waals surface area (Å²) < 4.78 is 29.9. The van der Waals surface area contributed by atoms with Crippen LogP contribution in [0.5, 0.6) is 17.2 Å². The molecule has 1 N–H and O–H groups in total. The summed E-state index contributed by atoms with van der Waals surface area (Å²) in [7, 11) is 1.65. The van der Waals surface area contributed by atoms with Crippen molar-refractivity contribution in [2.45, 2.75) is 26.6 Å². The Morgan fingerprint density at radius 3 is 2.20 bits per heavy atom. The highest BCUT2D eigenvalue weighted by molar-refractivity contribution is 6.31. The Morgan fingerprint density at radius 2 is 1.53 bits per heavy atom. The lowest BCUT2D eigenvalue weighted by Crippen LogP contribution is -2.13. The zero-order chi connectivity index (χ0) is 21.3. The van der Waals surface area contributed by atoms with E-state index in [1.54, 1.807) is 25.3 Å². The van der Waals surface area contributed by atoms with E-state index in [-0.39, 0.29) is 5.82 Å². The summed E-state index contributed by atoms with van der Waals surface area (Å²) in [6.07, 6.45) is 0. The fourth-order valence-electron chi connectivity index (χ4n) is 2.92. The maximum Gasteiger partial charge on any atom is 0.163 e. The standard InChI is InChI=1S/C24H25ClFNO3/c1-3-29-23-12-19(15-27-14-17-6-10-21(28-2)11-7-17)22(25)13-24(23)30-16-18-4-8-20(26)9-5-18/h4-13,27H,3,14-16H2,1-2H3. The molecule has 6 heteroatoms. The Hall–Kier alpha value is -2.76. The highest BCUT2D eigenvalue weighted by atomic mass is 35.5. The van der Waals surface area contributed by atoms with Gasteiger partial charge in [0.1, 0.15) is 18.2 Å².